The Hall–Kier alpha value is -2.81. The first-order chi connectivity index (χ1) is 13.8. The minimum absolute atomic E-state index is 0.0343. The van der Waals surface area contributed by atoms with E-state index in [0.717, 1.165) is 23.7 Å². The third kappa shape index (κ3) is 4.29. The molecule has 1 N–H and O–H groups in total. The van der Waals surface area contributed by atoms with Crippen LogP contribution in [0.5, 0.6) is 0 Å². The van der Waals surface area contributed by atoms with Crippen molar-refractivity contribution >= 4 is 47.0 Å². The van der Waals surface area contributed by atoms with E-state index in [9.17, 15) is 19.2 Å². The molecule has 0 aliphatic carbocycles. The van der Waals surface area contributed by atoms with Crippen molar-refractivity contribution in [1.29, 1.82) is 0 Å². The van der Waals surface area contributed by atoms with E-state index in [0.29, 0.717) is 11.0 Å². The number of carbonyl (C=O) groups excluding carboxylic acids is 3. The molecule has 154 valence electrons. The van der Waals surface area contributed by atoms with E-state index in [1.54, 1.807) is 12.1 Å². The van der Waals surface area contributed by atoms with Crippen LogP contribution in [0.15, 0.2) is 33.5 Å². The molecule has 2 aromatic rings. The maximum atomic E-state index is 12.4. The number of amides is 3. The highest BCUT2D eigenvalue weighted by Gasteiger charge is 2.35. The van der Waals surface area contributed by atoms with Crippen LogP contribution >= 0.6 is 12.6 Å². The standard InChI is InChI=1S/C20H23N3O5S/c1-3-22(4-2)13-6-5-12-9-14(20(27)28-15(12)10-13)18(25)21-7-8-23-17(24)11-16(29)19(23)26/h5-6,9-10,16,29H,3-4,7-8,11H2,1-2H3,(H,21,25)/t16-/m1/s1. The Balaban J connectivity index is 1.72. The molecular weight excluding hydrogens is 394 g/mol. The van der Waals surface area contributed by atoms with Crippen LogP contribution in [-0.2, 0) is 9.59 Å². The number of rotatable bonds is 7. The van der Waals surface area contributed by atoms with Gasteiger partial charge in [-0.2, -0.15) is 12.6 Å². The Morgan fingerprint density at radius 2 is 1.97 bits per heavy atom. The van der Waals surface area contributed by atoms with Gasteiger partial charge in [0, 0.05) is 49.7 Å². The maximum absolute atomic E-state index is 12.4. The minimum atomic E-state index is -0.740. The van der Waals surface area contributed by atoms with E-state index < -0.39 is 16.8 Å². The van der Waals surface area contributed by atoms with Crippen LogP contribution < -0.4 is 15.8 Å². The number of likely N-dealkylation sites (tertiary alicyclic amines) is 1. The number of carbonyl (C=O) groups is 3. The lowest BCUT2D eigenvalue weighted by Crippen LogP contribution is -2.39. The van der Waals surface area contributed by atoms with Crippen LogP contribution in [0.1, 0.15) is 30.6 Å². The second-order valence-corrected chi connectivity index (χ2v) is 7.32. The van der Waals surface area contributed by atoms with Crippen LogP contribution in [0.25, 0.3) is 11.0 Å². The number of hydrogen-bond acceptors (Lipinski definition) is 7. The Kier molecular flexibility index (Phi) is 6.26. The van der Waals surface area contributed by atoms with Crippen molar-refractivity contribution in [3.05, 3.63) is 40.2 Å². The summed E-state index contributed by atoms with van der Waals surface area (Å²) in [7, 11) is 0. The molecule has 1 fully saturated rings. The van der Waals surface area contributed by atoms with Crippen molar-refractivity contribution in [3.63, 3.8) is 0 Å². The van der Waals surface area contributed by atoms with Gasteiger partial charge in [-0.05, 0) is 32.0 Å². The zero-order chi connectivity index (χ0) is 21.1. The van der Waals surface area contributed by atoms with E-state index in [1.165, 1.54) is 6.07 Å². The van der Waals surface area contributed by atoms with Gasteiger partial charge in [-0.15, -0.1) is 0 Å². The zero-order valence-corrected chi connectivity index (χ0v) is 17.2. The number of hydrogen-bond donors (Lipinski definition) is 2. The molecule has 0 bridgehead atoms. The van der Waals surface area contributed by atoms with E-state index in [4.69, 9.17) is 4.42 Å². The van der Waals surface area contributed by atoms with Gasteiger partial charge in [-0.3, -0.25) is 19.3 Å². The zero-order valence-electron chi connectivity index (χ0n) is 16.3. The van der Waals surface area contributed by atoms with Crippen LogP contribution in [-0.4, -0.2) is 54.1 Å². The van der Waals surface area contributed by atoms with Gasteiger partial charge in [-0.25, -0.2) is 4.79 Å². The van der Waals surface area contributed by atoms with Crippen LogP contribution in [0.2, 0.25) is 0 Å². The van der Waals surface area contributed by atoms with Crippen molar-refractivity contribution < 1.29 is 18.8 Å². The van der Waals surface area contributed by atoms with E-state index in [2.05, 4.69) is 22.8 Å². The summed E-state index contributed by atoms with van der Waals surface area (Å²) in [5.74, 6) is -1.31. The summed E-state index contributed by atoms with van der Waals surface area (Å²) < 4.78 is 5.35. The average Bonchev–Trinajstić information content (AvgIpc) is 2.94. The van der Waals surface area contributed by atoms with Gasteiger partial charge in [0.15, 0.2) is 0 Å². The summed E-state index contributed by atoms with van der Waals surface area (Å²) in [6, 6.07) is 6.98. The number of benzene rings is 1. The van der Waals surface area contributed by atoms with Crippen LogP contribution in [0.4, 0.5) is 5.69 Å². The summed E-state index contributed by atoms with van der Waals surface area (Å²) in [5, 5.41) is 2.56. The van der Waals surface area contributed by atoms with Crippen LogP contribution in [0.3, 0.4) is 0 Å². The first-order valence-corrected chi connectivity index (χ1v) is 10.0. The van der Waals surface area contributed by atoms with Crippen molar-refractivity contribution in [2.24, 2.45) is 0 Å². The second-order valence-electron chi connectivity index (χ2n) is 6.70. The number of anilines is 1. The van der Waals surface area contributed by atoms with Gasteiger partial charge < -0.3 is 14.6 Å². The molecule has 1 aromatic carbocycles. The van der Waals surface area contributed by atoms with Crippen molar-refractivity contribution in [2.75, 3.05) is 31.1 Å². The molecular formula is C20H23N3O5S. The van der Waals surface area contributed by atoms with Gasteiger partial charge >= 0.3 is 5.63 Å². The smallest absolute Gasteiger partial charge is 0.349 e. The summed E-state index contributed by atoms with van der Waals surface area (Å²) >= 11 is 4.05. The second kappa shape index (κ2) is 8.69. The topological polar surface area (TPSA) is 99.9 Å². The lowest BCUT2D eigenvalue weighted by molar-refractivity contribution is -0.138. The van der Waals surface area contributed by atoms with Crippen molar-refractivity contribution in [3.8, 4) is 0 Å². The number of nitrogens with zero attached hydrogens (tertiary/aromatic N) is 2. The minimum Gasteiger partial charge on any atom is -0.422 e. The average molecular weight is 417 g/mol. The quantitative estimate of drug-likeness (QED) is 0.402. The molecule has 0 unspecified atom stereocenters. The first-order valence-electron chi connectivity index (χ1n) is 9.49. The molecule has 0 spiro atoms. The molecule has 1 saturated heterocycles. The summed E-state index contributed by atoms with van der Waals surface area (Å²) in [5.41, 5.74) is 0.476. The molecule has 1 aliphatic heterocycles. The van der Waals surface area contributed by atoms with Crippen LogP contribution in [0, 0.1) is 0 Å². The van der Waals surface area contributed by atoms with Gasteiger partial charge in [0.1, 0.15) is 11.1 Å². The molecule has 1 aromatic heterocycles. The molecule has 1 aliphatic rings. The fourth-order valence-corrected chi connectivity index (χ4v) is 3.62. The highest BCUT2D eigenvalue weighted by Crippen LogP contribution is 2.22. The number of thiol groups is 1. The highest BCUT2D eigenvalue weighted by molar-refractivity contribution is 7.81. The largest absolute Gasteiger partial charge is 0.422 e. The number of imide groups is 1. The predicted octanol–water partition coefficient (Wildman–Crippen LogP) is 1.43. The monoisotopic (exact) mass is 417 g/mol. The Morgan fingerprint density at radius 3 is 2.59 bits per heavy atom. The highest BCUT2D eigenvalue weighted by atomic mass is 32.1. The Morgan fingerprint density at radius 1 is 1.24 bits per heavy atom. The first kappa shape index (κ1) is 20.9. The number of fused-ring (bicyclic) bond motifs is 1. The third-order valence-corrected chi connectivity index (χ3v) is 5.34. The normalized spacial score (nSPS) is 16.5. The fraction of sp³-hybridized carbons (Fsp3) is 0.400. The van der Waals surface area contributed by atoms with Crippen molar-refractivity contribution in [2.45, 2.75) is 25.5 Å². The fourth-order valence-electron chi connectivity index (χ4n) is 3.32. The summed E-state index contributed by atoms with van der Waals surface area (Å²) in [4.78, 5) is 51.4. The molecule has 29 heavy (non-hydrogen) atoms. The van der Waals surface area contributed by atoms with Crippen molar-refractivity contribution in [1.82, 2.24) is 10.2 Å². The molecule has 1 atom stereocenters. The molecule has 0 radical (unpaired) electrons. The van der Waals surface area contributed by atoms with Gasteiger partial charge in [0.2, 0.25) is 11.8 Å². The summed E-state index contributed by atoms with van der Waals surface area (Å²) in [6.45, 7) is 5.79. The van der Waals surface area contributed by atoms with E-state index in [-0.39, 0.29) is 36.9 Å². The SMILES string of the molecule is CCN(CC)c1ccc2cc(C(=O)NCCN3C(=O)C[C@@H](S)C3=O)c(=O)oc2c1. The number of nitrogens with one attached hydrogen (secondary N) is 1. The molecule has 0 saturated carbocycles. The maximum Gasteiger partial charge on any atom is 0.349 e. The van der Waals surface area contributed by atoms with Gasteiger partial charge in [-0.1, -0.05) is 0 Å². The lowest BCUT2D eigenvalue weighted by Gasteiger charge is -2.21. The predicted molar refractivity (Wildman–Crippen MR) is 112 cm³/mol. The molecule has 9 heteroatoms. The molecule has 3 rings (SSSR count). The Bertz CT molecular complexity index is 1010. The lowest BCUT2D eigenvalue weighted by atomic mass is 10.1. The van der Waals surface area contributed by atoms with E-state index in [1.807, 2.05) is 19.9 Å². The molecule has 8 nitrogen and oxygen atoms in total. The summed E-state index contributed by atoms with van der Waals surface area (Å²) in [6.07, 6.45) is 0.0552. The third-order valence-electron chi connectivity index (χ3n) is 4.93. The van der Waals surface area contributed by atoms with E-state index >= 15 is 0 Å². The Labute approximate surface area is 173 Å². The van der Waals surface area contributed by atoms with Gasteiger partial charge in [0.25, 0.3) is 5.91 Å². The van der Waals surface area contributed by atoms with Gasteiger partial charge in [0.05, 0.1) is 5.25 Å². The molecule has 3 amide bonds. The molecule has 2 heterocycles.